The predicted octanol–water partition coefficient (Wildman–Crippen LogP) is 2.08. The Morgan fingerprint density at radius 2 is 1.91 bits per heavy atom. The predicted molar refractivity (Wildman–Crippen MR) is 39.3 cm³/mol. The molecule has 60 valence electrons. The minimum absolute atomic E-state index is 0.0279. The fourth-order valence-corrected chi connectivity index (χ4v) is 0.869. The van der Waals surface area contributed by atoms with Crippen molar-refractivity contribution in [2.24, 2.45) is 5.73 Å². The number of hydrogen-bond donors (Lipinski definition) is 1. The topological polar surface area (TPSA) is 26.0 Å². The maximum atomic E-state index is 12.7. The van der Waals surface area contributed by atoms with E-state index in [1.165, 1.54) is 12.1 Å². The van der Waals surface area contributed by atoms with Gasteiger partial charge in [0.05, 0.1) is 5.02 Å². The average Bonchev–Trinajstić information content (AvgIpc) is 2.01. The van der Waals surface area contributed by atoms with Crippen molar-refractivity contribution in [3.8, 4) is 0 Å². The molecule has 0 unspecified atom stereocenters. The minimum atomic E-state index is -1.03. The zero-order chi connectivity index (χ0) is 8.43. The van der Waals surface area contributed by atoms with Crippen LogP contribution in [0.1, 0.15) is 5.56 Å². The normalized spacial score (nSPS) is 10.2. The summed E-state index contributed by atoms with van der Waals surface area (Å²) < 4.78 is 25.3. The van der Waals surface area contributed by atoms with Crippen LogP contribution >= 0.6 is 11.6 Å². The van der Waals surface area contributed by atoms with Crippen LogP contribution in [0.2, 0.25) is 5.02 Å². The van der Waals surface area contributed by atoms with E-state index in [0.29, 0.717) is 0 Å². The van der Waals surface area contributed by atoms with Crippen LogP contribution < -0.4 is 5.73 Å². The van der Waals surface area contributed by atoms with Gasteiger partial charge in [0.15, 0.2) is 11.6 Å². The first-order chi connectivity index (χ1) is 5.16. The summed E-state index contributed by atoms with van der Waals surface area (Å²) in [6.45, 7) is -0.0279. The Morgan fingerprint density at radius 1 is 1.27 bits per heavy atom. The molecule has 0 aliphatic heterocycles. The molecule has 1 nitrogen and oxygen atoms in total. The molecule has 1 rings (SSSR count). The first-order valence-corrected chi connectivity index (χ1v) is 3.37. The van der Waals surface area contributed by atoms with E-state index in [4.69, 9.17) is 17.3 Å². The van der Waals surface area contributed by atoms with E-state index in [9.17, 15) is 8.78 Å². The number of halogens is 3. The van der Waals surface area contributed by atoms with Crippen molar-refractivity contribution in [2.75, 3.05) is 0 Å². The van der Waals surface area contributed by atoms with E-state index in [1.807, 2.05) is 0 Å². The van der Waals surface area contributed by atoms with Gasteiger partial charge in [0.1, 0.15) is 0 Å². The molecule has 1 aromatic rings. The zero-order valence-corrected chi connectivity index (χ0v) is 6.33. The lowest BCUT2D eigenvalue weighted by atomic mass is 10.2. The monoisotopic (exact) mass is 177 g/mol. The maximum Gasteiger partial charge on any atom is 0.177 e. The molecule has 1 aromatic carbocycles. The van der Waals surface area contributed by atoms with Crippen molar-refractivity contribution in [1.29, 1.82) is 0 Å². The number of rotatable bonds is 1. The Balaban J connectivity index is 3.25. The summed E-state index contributed by atoms with van der Waals surface area (Å²) in [6.07, 6.45) is 0. The van der Waals surface area contributed by atoms with E-state index >= 15 is 0 Å². The van der Waals surface area contributed by atoms with Gasteiger partial charge in [-0.3, -0.25) is 0 Å². The largest absolute Gasteiger partial charge is 0.326 e. The third-order valence-electron chi connectivity index (χ3n) is 1.34. The van der Waals surface area contributed by atoms with Crippen LogP contribution in [0.3, 0.4) is 0 Å². The van der Waals surface area contributed by atoms with Gasteiger partial charge in [-0.1, -0.05) is 17.7 Å². The summed E-state index contributed by atoms with van der Waals surface area (Å²) in [7, 11) is 0. The van der Waals surface area contributed by atoms with Crippen LogP contribution in [-0.2, 0) is 6.54 Å². The molecule has 0 atom stereocenters. The second-order valence-electron chi connectivity index (χ2n) is 2.04. The fourth-order valence-electron chi connectivity index (χ4n) is 0.724. The molecule has 0 amide bonds. The van der Waals surface area contributed by atoms with E-state index in [0.717, 1.165) is 0 Å². The molecular weight excluding hydrogens is 172 g/mol. The molecule has 0 aliphatic rings. The zero-order valence-electron chi connectivity index (χ0n) is 5.57. The molecule has 0 fully saturated rings. The van der Waals surface area contributed by atoms with Gasteiger partial charge < -0.3 is 5.73 Å². The highest BCUT2D eigenvalue weighted by Crippen LogP contribution is 2.19. The maximum absolute atomic E-state index is 12.7. The molecule has 0 aromatic heterocycles. The van der Waals surface area contributed by atoms with E-state index < -0.39 is 11.6 Å². The summed E-state index contributed by atoms with van der Waals surface area (Å²) >= 11 is 5.29. The Morgan fingerprint density at radius 3 is 2.45 bits per heavy atom. The molecule has 4 heteroatoms. The van der Waals surface area contributed by atoms with E-state index in [1.54, 1.807) is 0 Å². The van der Waals surface area contributed by atoms with Crippen molar-refractivity contribution >= 4 is 11.6 Å². The lowest BCUT2D eigenvalue weighted by Crippen LogP contribution is -2.01. The highest BCUT2D eigenvalue weighted by atomic mass is 35.5. The van der Waals surface area contributed by atoms with Crippen LogP contribution in [-0.4, -0.2) is 0 Å². The van der Waals surface area contributed by atoms with Crippen molar-refractivity contribution in [2.45, 2.75) is 6.54 Å². The summed E-state index contributed by atoms with van der Waals surface area (Å²) in [4.78, 5) is 0. The molecule has 0 heterocycles. The van der Waals surface area contributed by atoms with E-state index in [-0.39, 0.29) is 17.1 Å². The second kappa shape index (κ2) is 3.15. The van der Waals surface area contributed by atoms with Crippen molar-refractivity contribution in [3.63, 3.8) is 0 Å². The number of hydrogen-bond acceptors (Lipinski definition) is 1. The first-order valence-electron chi connectivity index (χ1n) is 2.99. The number of benzene rings is 1. The molecule has 0 saturated carbocycles. The molecule has 0 spiro atoms. The highest BCUT2D eigenvalue weighted by Gasteiger charge is 2.09. The van der Waals surface area contributed by atoms with Gasteiger partial charge >= 0.3 is 0 Å². The molecule has 0 radical (unpaired) electrons. The average molecular weight is 178 g/mol. The standard InChI is InChI=1S/C7H6ClF2N/c8-5-2-1-4(3-11)6(9)7(5)10/h1-2H,3,11H2. The lowest BCUT2D eigenvalue weighted by Gasteiger charge is -2.00. The van der Waals surface area contributed by atoms with Crippen LogP contribution in [0.25, 0.3) is 0 Å². The van der Waals surface area contributed by atoms with Crippen LogP contribution in [0, 0.1) is 11.6 Å². The van der Waals surface area contributed by atoms with Gasteiger partial charge in [0.2, 0.25) is 0 Å². The summed E-state index contributed by atoms with van der Waals surface area (Å²) in [6, 6.07) is 2.64. The minimum Gasteiger partial charge on any atom is -0.326 e. The first kappa shape index (κ1) is 8.43. The van der Waals surface area contributed by atoms with Gasteiger partial charge in [0, 0.05) is 12.1 Å². The lowest BCUT2D eigenvalue weighted by molar-refractivity contribution is 0.499. The van der Waals surface area contributed by atoms with Gasteiger partial charge in [0.25, 0.3) is 0 Å². The Bertz CT molecular complexity index is 275. The summed E-state index contributed by atoms with van der Waals surface area (Å²) in [5.41, 5.74) is 5.25. The molecule has 0 bridgehead atoms. The smallest absolute Gasteiger partial charge is 0.177 e. The number of nitrogens with two attached hydrogens (primary N) is 1. The molecular formula is C7H6ClF2N. The van der Waals surface area contributed by atoms with Crippen molar-refractivity contribution < 1.29 is 8.78 Å². The molecule has 2 N–H and O–H groups in total. The van der Waals surface area contributed by atoms with Gasteiger partial charge in [-0.25, -0.2) is 8.78 Å². The third-order valence-corrected chi connectivity index (χ3v) is 1.63. The van der Waals surface area contributed by atoms with E-state index in [2.05, 4.69) is 0 Å². The van der Waals surface area contributed by atoms with Crippen LogP contribution in [0.5, 0.6) is 0 Å². The summed E-state index contributed by atoms with van der Waals surface area (Å²) in [5, 5.41) is -0.222. The highest BCUT2D eigenvalue weighted by molar-refractivity contribution is 6.30. The quantitative estimate of drug-likeness (QED) is 0.653. The molecule has 0 saturated heterocycles. The Labute approximate surface area is 67.8 Å². The fraction of sp³-hybridized carbons (Fsp3) is 0.143. The van der Waals surface area contributed by atoms with Crippen molar-refractivity contribution in [3.05, 3.63) is 34.4 Å². The summed E-state index contributed by atoms with van der Waals surface area (Å²) in [5.74, 6) is -1.99. The van der Waals surface area contributed by atoms with Crippen LogP contribution in [0.15, 0.2) is 12.1 Å². The van der Waals surface area contributed by atoms with Crippen molar-refractivity contribution in [1.82, 2.24) is 0 Å². The Hall–Kier alpha value is -0.670. The molecule has 11 heavy (non-hydrogen) atoms. The Kier molecular flexibility index (Phi) is 2.42. The van der Waals surface area contributed by atoms with Gasteiger partial charge in [-0.15, -0.1) is 0 Å². The second-order valence-corrected chi connectivity index (χ2v) is 2.45. The van der Waals surface area contributed by atoms with Gasteiger partial charge in [-0.2, -0.15) is 0 Å². The third kappa shape index (κ3) is 1.49. The SMILES string of the molecule is NCc1ccc(Cl)c(F)c1F. The van der Waals surface area contributed by atoms with Crippen LogP contribution in [0.4, 0.5) is 8.78 Å². The molecule has 0 aliphatic carbocycles. The van der Waals surface area contributed by atoms with Gasteiger partial charge in [-0.05, 0) is 6.07 Å².